The van der Waals surface area contributed by atoms with Crippen LogP contribution < -0.4 is 10.6 Å². The number of hydrogen-bond acceptors (Lipinski definition) is 3. The Morgan fingerprint density at radius 3 is 2.52 bits per heavy atom. The highest BCUT2D eigenvalue weighted by Crippen LogP contribution is 2.28. The van der Waals surface area contributed by atoms with Gasteiger partial charge in [0.1, 0.15) is 0 Å². The lowest BCUT2D eigenvalue weighted by atomic mass is 9.87. The van der Waals surface area contributed by atoms with Crippen LogP contribution in [-0.4, -0.2) is 34.1 Å². The molecule has 0 unspecified atom stereocenters. The minimum absolute atomic E-state index is 0.0620. The maximum atomic E-state index is 12.2. The summed E-state index contributed by atoms with van der Waals surface area (Å²) in [6.07, 6.45) is 7.14. The van der Waals surface area contributed by atoms with E-state index in [0.29, 0.717) is 32.1 Å². The van der Waals surface area contributed by atoms with Crippen LogP contribution in [0.25, 0.3) is 0 Å². The Morgan fingerprint density at radius 1 is 1.48 bits per heavy atom. The monoisotopic (exact) mass is 322 g/mol. The summed E-state index contributed by atoms with van der Waals surface area (Å²) in [5.74, 6) is -0.0509. The molecule has 1 aliphatic rings. The van der Waals surface area contributed by atoms with Crippen molar-refractivity contribution in [3.8, 4) is 0 Å². The highest BCUT2D eigenvalue weighted by molar-refractivity contribution is 5.80. The molecule has 0 aromatic rings. The van der Waals surface area contributed by atoms with Gasteiger partial charge in [-0.3, -0.25) is 9.59 Å². The van der Waals surface area contributed by atoms with Crippen LogP contribution in [0.2, 0.25) is 0 Å². The van der Waals surface area contributed by atoms with E-state index in [0.717, 1.165) is 12.8 Å². The normalized spacial score (nSPS) is 22.3. The molecule has 0 aromatic carbocycles. The molecule has 1 heterocycles. The smallest absolute Gasteiger partial charge is 0.220 e. The van der Waals surface area contributed by atoms with E-state index in [1.54, 1.807) is 19.1 Å². The SMILES string of the molecule is C=CCC(O)(CC=C)[C@@H](C)NC(=O)CC[C@]1(CC)CCC(=O)N1. The lowest BCUT2D eigenvalue weighted by Crippen LogP contribution is -2.51. The van der Waals surface area contributed by atoms with E-state index >= 15 is 0 Å². The summed E-state index contributed by atoms with van der Waals surface area (Å²) in [5, 5.41) is 16.5. The van der Waals surface area contributed by atoms with Crippen molar-refractivity contribution in [2.24, 2.45) is 0 Å². The molecule has 0 saturated carbocycles. The molecule has 0 bridgehead atoms. The van der Waals surface area contributed by atoms with Crippen LogP contribution in [0.4, 0.5) is 0 Å². The van der Waals surface area contributed by atoms with Crippen molar-refractivity contribution in [3.05, 3.63) is 25.3 Å². The summed E-state index contributed by atoms with van der Waals surface area (Å²) < 4.78 is 0. The first-order valence-electron chi connectivity index (χ1n) is 8.35. The summed E-state index contributed by atoms with van der Waals surface area (Å²) >= 11 is 0. The van der Waals surface area contributed by atoms with Crippen LogP contribution in [0.5, 0.6) is 0 Å². The Labute approximate surface area is 139 Å². The molecule has 5 heteroatoms. The summed E-state index contributed by atoms with van der Waals surface area (Å²) in [7, 11) is 0. The fraction of sp³-hybridized carbons (Fsp3) is 0.667. The Kier molecular flexibility index (Phi) is 7.01. The van der Waals surface area contributed by atoms with E-state index in [-0.39, 0.29) is 17.4 Å². The van der Waals surface area contributed by atoms with Gasteiger partial charge < -0.3 is 15.7 Å². The van der Waals surface area contributed by atoms with Gasteiger partial charge in [-0.25, -0.2) is 0 Å². The van der Waals surface area contributed by atoms with Crippen LogP contribution >= 0.6 is 0 Å². The second-order valence-electron chi connectivity index (χ2n) is 6.56. The molecular formula is C18H30N2O3. The molecule has 3 N–H and O–H groups in total. The molecule has 2 amide bonds. The van der Waals surface area contributed by atoms with Crippen molar-refractivity contribution < 1.29 is 14.7 Å². The zero-order valence-corrected chi connectivity index (χ0v) is 14.4. The Hall–Kier alpha value is -1.62. The van der Waals surface area contributed by atoms with E-state index in [9.17, 15) is 14.7 Å². The second-order valence-corrected chi connectivity index (χ2v) is 6.56. The van der Waals surface area contributed by atoms with Crippen LogP contribution in [0.3, 0.4) is 0 Å². The molecule has 23 heavy (non-hydrogen) atoms. The Balaban J connectivity index is 2.56. The lowest BCUT2D eigenvalue weighted by Gasteiger charge is -2.33. The van der Waals surface area contributed by atoms with Gasteiger partial charge in [-0.2, -0.15) is 0 Å². The van der Waals surface area contributed by atoms with Crippen LogP contribution in [0.15, 0.2) is 25.3 Å². The number of aliphatic hydroxyl groups is 1. The van der Waals surface area contributed by atoms with Gasteiger partial charge in [0.15, 0.2) is 0 Å². The van der Waals surface area contributed by atoms with Crippen molar-refractivity contribution in [3.63, 3.8) is 0 Å². The van der Waals surface area contributed by atoms with Gasteiger partial charge in [0.05, 0.1) is 11.6 Å². The van der Waals surface area contributed by atoms with Crippen molar-refractivity contribution in [2.45, 2.75) is 76.0 Å². The van der Waals surface area contributed by atoms with E-state index in [1.165, 1.54) is 0 Å². The quantitative estimate of drug-likeness (QED) is 0.540. The number of nitrogens with one attached hydrogen (secondary N) is 2. The summed E-state index contributed by atoms with van der Waals surface area (Å²) in [6, 6.07) is -0.401. The predicted octanol–water partition coefficient (Wildman–Crippen LogP) is 2.21. The van der Waals surface area contributed by atoms with Gasteiger partial charge >= 0.3 is 0 Å². The number of carbonyl (C=O) groups excluding carboxylic acids is 2. The topological polar surface area (TPSA) is 78.4 Å². The molecule has 2 atom stereocenters. The average Bonchev–Trinajstić information content (AvgIpc) is 2.88. The van der Waals surface area contributed by atoms with Crippen LogP contribution in [-0.2, 0) is 9.59 Å². The largest absolute Gasteiger partial charge is 0.387 e. The van der Waals surface area contributed by atoms with Gasteiger partial charge in [0, 0.05) is 18.4 Å². The predicted molar refractivity (Wildman–Crippen MR) is 91.8 cm³/mol. The van der Waals surface area contributed by atoms with Gasteiger partial charge in [0.2, 0.25) is 11.8 Å². The van der Waals surface area contributed by atoms with Crippen LogP contribution in [0, 0.1) is 0 Å². The van der Waals surface area contributed by atoms with Crippen molar-refractivity contribution in [1.29, 1.82) is 0 Å². The molecule has 0 aliphatic carbocycles. The number of carbonyl (C=O) groups is 2. The first-order chi connectivity index (χ1) is 10.8. The number of hydrogen-bond donors (Lipinski definition) is 3. The van der Waals surface area contributed by atoms with Gasteiger partial charge in [0.25, 0.3) is 0 Å². The van der Waals surface area contributed by atoms with E-state index in [1.807, 2.05) is 6.92 Å². The van der Waals surface area contributed by atoms with Crippen molar-refractivity contribution in [1.82, 2.24) is 10.6 Å². The fourth-order valence-corrected chi connectivity index (χ4v) is 3.14. The molecule has 0 radical (unpaired) electrons. The van der Waals surface area contributed by atoms with Gasteiger partial charge in [-0.15, -0.1) is 13.2 Å². The lowest BCUT2D eigenvalue weighted by molar-refractivity contribution is -0.125. The molecule has 1 fully saturated rings. The third-order valence-corrected chi connectivity index (χ3v) is 4.92. The Bertz CT molecular complexity index is 451. The Morgan fingerprint density at radius 2 is 2.09 bits per heavy atom. The first-order valence-corrected chi connectivity index (χ1v) is 8.35. The number of rotatable bonds is 10. The number of amides is 2. The summed E-state index contributed by atoms with van der Waals surface area (Å²) in [6.45, 7) is 11.1. The van der Waals surface area contributed by atoms with Gasteiger partial charge in [-0.05, 0) is 39.0 Å². The molecule has 1 saturated heterocycles. The van der Waals surface area contributed by atoms with Crippen molar-refractivity contribution >= 4 is 11.8 Å². The molecule has 0 aromatic heterocycles. The molecule has 0 spiro atoms. The summed E-state index contributed by atoms with van der Waals surface area (Å²) in [4.78, 5) is 23.7. The molecule has 130 valence electrons. The average molecular weight is 322 g/mol. The minimum atomic E-state index is -1.07. The molecule has 1 aliphatic heterocycles. The third kappa shape index (κ3) is 5.20. The highest BCUT2D eigenvalue weighted by atomic mass is 16.3. The minimum Gasteiger partial charge on any atom is -0.387 e. The van der Waals surface area contributed by atoms with Crippen molar-refractivity contribution in [2.75, 3.05) is 0 Å². The second kappa shape index (κ2) is 8.29. The zero-order valence-electron chi connectivity index (χ0n) is 14.4. The maximum Gasteiger partial charge on any atom is 0.220 e. The van der Waals surface area contributed by atoms with Gasteiger partial charge in [-0.1, -0.05) is 19.1 Å². The summed E-state index contributed by atoms with van der Waals surface area (Å²) in [5.41, 5.74) is -1.32. The maximum absolute atomic E-state index is 12.2. The molecule has 1 rings (SSSR count). The van der Waals surface area contributed by atoms with E-state index < -0.39 is 11.6 Å². The van der Waals surface area contributed by atoms with Crippen LogP contribution in [0.1, 0.15) is 58.8 Å². The standard InChI is InChI=1S/C18H30N2O3/c1-5-10-18(23,11-6-2)14(4)19-15(21)8-12-17(7-3)13-9-16(22)20-17/h5-6,14,23H,1-2,7-13H2,3-4H3,(H,19,21)(H,20,22)/t14-,17-/m1/s1. The molecule has 5 nitrogen and oxygen atoms in total. The fourth-order valence-electron chi connectivity index (χ4n) is 3.14. The highest BCUT2D eigenvalue weighted by Gasteiger charge is 2.37. The third-order valence-electron chi connectivity index (χ3n) is 4.92. The van der Waals surface area contributed by atoms with E-state index in [2.05, 4.69) is 23.8 Å². The molecular weight excluding hydrogens is 292 g/mol. The van der Waals surface area contributed by atoms with E-state index in [4.69, 9.17) is 0 Å². The first kappa shape index (κ1) is 19.4. The zero-order chi connectivity index (χ0) is 17.5.